The van der Waals surface area contributed by atoms with Gasteiger partial charge in [0.15, 0.2) is 0 Å². The Kier molecular flexibility index (Phi) is 4.99. The van der Waals surface area contributed by atoms with E-state index in [2.05, 4.69) is 26.1 Å². The van der Waals surface area contributed by atoms with Crippen LogP contribution in [0.4, 0.5) is 4.79 Å². The van der Waals surface area contributed by atoms with Crippen molar-refractivity contribution in [3.8, 4) is 0 Å². The predicted molar refractivity (Wildman–Crippen MR) is 69.5 cm³/mol. The lowest BCUT2D eigenvalue weighted by Gasteiger charge is -2.34. The van der Waals surface area contributed by atoms with Crippen molar-refractivity contribution in [2.24, 2.45) is 5.41 Å². The summed E-state index contributed by atoms with van der Waals surface area (Å²) in [6.07, 6.45) is 3.28. The fraction of sp³-hybridized carbons (Fsp3) is 0.846. The number of carbonyl (C=O) groups is 2. The Morgan fingerprint density at radius 2 is 2.06 bits per heavy atom. The number of hydrogen-bond donors (Lipinski definition) is 2. The molecule has 1 rings (SSSR count). The zero-order chi connectivity index (χ0) is 13.8. The third-order valence-electron chi connectivity index (χ3n) is 3.72. The lowest BCUT2D eigenvalue weighted by molar-refractivity contribution is -0.143. The number of piperidine rings is 1. The van der Waals surface area contributed by atoms with E-state index in [4.69, 9.17) is 5.11 Å². The maximum absolute atomic E-state index is 12.0. The fourth-order valence-corrected chi connectivity index (χ4v) is 1.97. The summed E-state index contributed by atoms with van der Waals surface area (Å²) in [5.41, 5.74) is 0.0458. The summed E-state index contributed by atoms with van der Waals surface area (Å²) in [7, 11) is 0. The number of likely N-dealkylation sites (tertiary alicyclic amines) is 1. The molecule has 104 valence electrons. The average molecular weight is 256 g/mol. The number of carboxylic acid groups (broad SMARTS) is 1. The number of aliphatic carboxylic acids is 1. The third kappa shape index (κ3) is 3.89. The van der Waals surface area contributed by atoms with Crippen molar-refractivity contribution in [3.63, 3.8) is 0 Å². The SMILES string of the molecule is CCC(C)(C)CNC(=O)N1CCCCC1C(=O)O. The van der Waals surface area contributed by atoms with E-state index in [9.17, 15) is 9.59 Å². The van der Waals surface area contributed by atoms with Crippen LogP contribution in [0.1, 0.15) is 46.5 Å². The molecule has 1 atom stereocenters. The second-order valence-corrected chi connectivity index (χ2v) is 5.72. The van der Waals surface area contributed by atoms with Gasteiger partial charge in [0, 0.05) is 13.1 Å². The Bertz CT molecular complexity index is 315. The Morgan fingerprint density at radius 3 is 2.61 bits per heavy atom. The molecule has 2 N–H and O–H groups in total. The molecule has 0 aromatic rings. The lowest BCUT2D eigenvalue weighted by Crippen LogP contribution is -2.53. The van der Waals surface area contributed by atoms with Crippen molar-refractivity contribution in [1.82, 2.24) is 10.2 Å². The van der Waals surface area contributed by atoms with Gasteiger partial charge >= 0.3 is 12.0 Å². The largest absolute Gasteiger partial charge is 0.480 e. The number of carbonyl (C=O) groups excluding carboxylic acids is 1. The lowest BCUT2D eigenvalue weighted by atomic mass is 9.90. The monoisotopic (exact) mass is 256 g/mol. The van der Waals surface area contributed by atoms with Gasteiger partial charge in [0.05, 0.1) is 0 Å². The Balaban J connectivity index is 2.56. The highest BCUT2D eigenvalue weighted by Gasteiger charge is 2.32. The highest BCUT2D eigenvalue weighted by Crippen LogP contribution is 2.20. The second kappa shape index (κ2) is 6.07. The molecule has 18 heavy (non-hydrogen) atoms. The van der Waals surface area contributed by atoms with Gasteiger partial charge in [-0.25, -0.2) is 9.59 Å². The molecule has 0 radical (unpaired) electrons. The van der Waals surface area contributed by atoms with E-state index >= 15 is 0 Å². The van der Waals surface area contributed by atoms with Gasteiger partial charge in [-0.05, 0) is 31.1 Å². The van der Waals surface area contributed by atoms with Crippen LogP contribution in [-0.4, -0.2) is 41.1 Å². The quantitative estimate of drug-likeness (QED) is 0.809. The average Bonchev–Trinajstić information content (AvgIpc) is 2.36. The number of hydrogen-bond acceptors (Lipinski definition) is 2. The molecule has 0 saturated carbocycles. The number of nitrogens with zero attached hydrogens (tertiary/aromatic N) is 1. The van der Waals surface area contributed by atoms with Crippen LogP contribution in [-0.2, 0) is 4.79 Å². The molecule has 1 aliphatic rings. The molecule has 5 heteroatoms. The zero-order valence-corrected chi connectivity index (χ0v) is 11.5. The van der Waals surface area contributed by atoms with Crippen LogP contribution >= 0.6 is 0 Å². The second-order valence-electron chi connectivity index (χ2n) is 5.72. The van der Waals surface area contributed by atoms with Crippen molar-refractivity contribution < 1.29 is 14.7 Å². The van der Waals surface area contributed by atoms with Crippen molar-refractivity contribution in [2.45, 2.75) is 52.5 Å². The molecule has 5 nitrogen and oxygen atoms in total. The Labute approximate surface area is 109 Å². The predicted octanol–water partition coefficient (Wildman–Crippen LogP) is 2.07. The molecule has 0 aliphatic carbocycles. The van der Waals surface area contributed by atoms with Crippen LogP contribution in [0.5, 0.6) is 0 Å². The van der Waals surface area contributed by atoms with Gasteiger partial charge in [0.1, 0.15) is 6.04 Å². The molecular weight excluding hydrogens is 232 g/mol. The van der Waals surface area contributed by atoms with E-state index < -0.39 is 12.0 Å². The van der Waals surface area contributed by atoms with Gasteiger partial charge in [-0.2, -0.15) is 0 Å². The molecule has 1 saturated heterocycles. The molecular formula is C13H24N2O3. The molecule has 0 spiro atoms. The van der Waals surface area contributed by atoms with Crippen LogP contribution in [0.15, 0.2) is 0 Å². The first-order valence-electron chi connectivity index (χ1n) is 6.64. The van der Waals surface area contributed by atoms with E-state index in [1.54, 1.807) is 0 Å². The molecule has 2 amide bonds. The standard InChI is InChI=1S/C13H24N2O3/c1-4-13(2,3)9-14-12(18)15-8-6-5-7-10(15)11(16)17/h10H,4-9H2,1-3H3,(H,14,18)(H,16,17). The molecule has 1 aliphatic heterocycles. The highest BCUT2D eigenvalue weighted by molar-refractivity contribution is 5.82. The van der Waals surface area contributed by atoms with Crippen molar-refractivity contribution in [3.05, 3.63) is 0 Å². The molecule has 0 aromatic carbocycles. The smallest absolute Gasteiger partial charge is 0.326 e. The molecule has 1 unspecified atom stereocenters. The molecule has 0 aromatic heterocycles. The van der Waals surface area contributed by atoms with Gasteiger partial charge in [0.25, 0.3) is 0 Å². The van der Waals surface area contributed by atoms with Crippen LogP contribution in [0.2, 0.25) is 0 Å². The molecule has 1 fully saturated rings. The Morgan fingerprint density at radius 1 is 1.39 bits per heavy atom. The summed E-state index contributed by atoms with van der Waals surface area (Å²) >= 11 is 0. The van der Waals surface area contributed by atoms with Crippen molar-refractivity contribution >= 4 is 12.0 Å². The maximum Gasteiger partial charge on any atom is 0.326 e. The topological polar surface area (TPSA) is 69.6 Å². The summed E-state index contributed by atoms with van der Waals surface area (Å²) in [5, 5.41) is 12.0. The van der Waals surface area contributed by atoms with Crippen LogP contribution in [0.3, 0.4) is 0 Å². The van der Waals surface area contributed by atoms with Gasteiger partial charge in [-0.1, -0.05) is 20.8 Å². The van der Waals surface area contributed by atoms with E-state index in [0.717, 1.165) is 19.3 Å². The Hall–Kier alpha value is -1.26. The summed E-state index contributed by atoms with van der Waals surface area (Å²) in [4.78, 5) is 24.6. The summed E-state index contributed by atoms with van der Waals surface area (Å²) in [6.45, 7) is 7.35. The molecule has 0 bridgehead atoms. The van der Waals surface area contributed by atoms with Crippen LogP contribution < -0.4 is 5.32 Å². The zero-order valence-electron chi connectivity index (χ0n) is 11.5. The maximum atomic E-state index is 12.0. The minimum absolute atomic E-state index is 0.0458. The number of urea groups is 1. The van der Waals surface area contributed by atoms with Crippen molar-refractivity contribution in [1.29, 1.82) is 0 Å². The first-order valence-corrected chi connectivity index (χ1v) is 6.64. The highest BCUT2D eigenvalue weighted by atomic mass is 16.4. The van der Waals surface area contributed by atoms with Crippen LogP contribution in [0.25, 0.3) is 0 Å². The van der Waals surface area contributed by atoms with Crippen LogP contribution in [0, 0.1) is 5.41 Å². The number of carboxylic acids is 1. The van der Waals surface area contributed by atoms with E-state index in [-0.39, 0.29) is 11.4 Å². The summed E-state index contributed by atoms with van der Waals surface area (Å²) in [6, 6.07) is -0.910. The normalized spacial score (nSPS) is 20.6. The third-order valence-corrected chi connectivity index (χ3v) is 3.72. The minimum Gasteiger partial charge on any atom is -0.480 e. The first-order chi connectivity index (χ1) is 8.37. The number of amides is 2. The molecule has 1 heterocycles. The van der Waals surface area contributed by atoms with E-state index in [1.165, 1.54) is 4.90 Å². The van der Waals surface area contributed by atoms with Gasteiger partial charge in [-0.15, -0.1) is 0 Å². The number of nitrogens with one attached hydrogen (secondary N) is 1. The summed E-state index contributed by atoms with van der Waals surface area (Å²) in [5.74, 6) is -0.903. The minimum atomic E-state index is -0.903. The first kappa shape index (κ1) is 14.8. The van der Waals surface area contributed by atoms with Gasteiger partial charge < -0.3 is 15.3 Å². The van der Waals surface area contributed by atoms with Gasteiger partial charge in [0.2, 0.25) is 0 Å². The van der Waals surface area contributed by atoms with Crippen molar-refractivity contribution in [2.75, 3.05) is 13.1 Å². The van der Waals surface area contributed by atoms with E-state index in [1.807, 2.05) is 0 Å². The summed E-state index contributed by atoms with van der Waals surface area (Å²) < 4.78 is 0. The van der Waals surface area contributed by atoms with Gasteiger partial charge in [-0.3, -0.25) is 0 Å². The van der Waals surface area contributed by atoms with E-state index in [0.29, 0.717) is 19.5 Å². The fourth-order valence-electron chi connectivity index (χ4n) is 1.97. The number of rotatable bonds is 4.